The topological polar surface area (TPSA) is 69.0 Å². The molecule has 6 nitrogen and oxygen atoms in total. The molecule has 1 aromatic heterocycles. The highest BCUT2D eigenvalue weighted by molar-refractivity contribution is 7.99. The Kier molecular flexibility index (Phi) is 5.30. The van der Waals surface area contributed by atoms with Gasteiger partial charge in [-0.3, -0.25) is 9.36 Å². The van der Waals surface area contributed by atoms with Crippen LogP contribution < -0.4 is 5.32 Å². The number of rotatable bonds is 8. The van der Waals surface area contributed by atoms with Gasteiger partial charge in [0.05, 0.1) is 12.4 Å². The Hall–Kier alpha value is -1.86. The highest BCUT2D eigenvalue weighted by atomic mass is 32.2. The zero-order chi connectivity index (χ0) is 16.1. The Morgan fingerprint density at radius 3 is 2.83 bits per heavy atom. The first-order valence-corrected chi connectivity index (χ1v) is 8.67. The zero-order valence-corrected chi connectivity index (χ0v) is 13.9. The number of ether oxygens (including phenoxy) is 1. The zero-order valence-electron chi connectivity index (χ0n) is 13.1. The summed E-state index contributed by atoms with van der Waals surface area (Å²) in [7, 11) is 1.61. The van der Waals surface area contributed by atoms with Crippen LogP contribution in [0.25, 0.3) is 5.69 Å². The van der Waals surface area contributed by atoms with E-state index in [1.807, 2.05) is 30.3 Å². The Morgan fingerprint density at radius 2 is 2.13 bits per heavy atom. The number of benzene rings is 1. The van der Waals surface area contributed by atoms with Crippen molar-refractivity contribution < 1.29 is 9.53 Å². The maximum absolute atomic E-state index is 11.8. The fourth-order valence-electron chi connectivity index (χ4n) is 2.27. The Balaban J connectivity index is 1.71. The first-order chi connectivity index (χ1) is 11.3. The van der Waals surface area contributed by atoms with Gasteiger partial charge in [-0.1, -0.05) is 30.0 Å². The summed E-state index contributed by atoms with van der Waals surface area (Å²) in [5.74, 6) is 1.79. The van der Waals surface area contributed by atoms with Gasteiger partial charge in [0.25, 0.3) is 0 Å². The second-order valence-electron chi connectivity index (χ2n) is 5.42. The Morgan fingerprint density at radius 1 is 1.35 bits per heavy atom. The minimum atomic E-state index is -0.0253. The average Bonchev–Trinajstić information content (AvgIpc) is 3.33. The SMILES string of the molecule is COCCNC(=O)CSc1nnc(C2CC2)n1-c1ccccc1. The van der Waals surface area contributed by atoms with Crippen LogP contribution in [0.5, 0.6) is 0 Å². The van der Waals surface area contributed by atoms with Crippen LogP contribution in [0.4, 0.5) is 0 Å². The molecular formula is C16H20N4O2S. The lowest BCUT2D eigenvalue weighted by atomic mass is 10.3. The molecule has 1 fully saturated rings. The molecule has 7 heteroatoms. The molecule has 0 unspecified atom stereocenters. The smallest absolute Gasteiger partial charge is 0.230 e. The molecule has 0 bridgehead atoms. The number of para-hydroxylation sites is 1. The highest BCUT2D eigenvalue weighted by Crippen LogP contribution is 2.41. The van der Waals surface area contributed by atoms with E-state index >= 15 is 0 Å². The number of methoxy groups -OCH3 is 1. The van der Waals surface area contributed by atoms with Crippen molar-refractivity contribution in [3.8, 4) is 5.69 Å². The van der Waals surface area contributed by atoms with E-state index < -0.39 is 0 Å². The fraction of sp³-hybridized carbons (Fsp3) is 0.438. The van der Waals surface area contributed by atoms with Crippen molar-refractivity contribution in [2.24, 2.45) is 0 Å². The van der Waals surface area contributed by atoms with Crippen LogP contribution in [0.2, 0.25) is 0 Å². The maximum atomic E-state index is 11.8. The minimum absolute atomic E-state index is 0.0253. The third kappa shape index (κ3) is 4.11. The maximum Gasteiger partial charge on any atom is 0.230 e. The van der Waals surface area contributed by atoms with E-state index in [1.165, 1.54) is 11.8 Å². The van der Waals surface area contributed by atoms with E-state index in [1.54, 1.807) is 7.11 Å². The number of nitrogens with one attached hydrogen (secondary N) is 1. The van der Waals surface area contributed by atoms with Crippen LogP contribution in [-0.4, -0.2) is 46.7 Å². The number of aromatic nitrogens is 3. The van der Waals surface area contributed by atoms with Gasteiger partial charge in [0.15, 0.2) is 5.16 Å². The molecule has 23 heavy (non-hydrogen) atoms. The van der Waals surface area contributed by atoms with Crippen molar-refractivity contribution >= 4 is 17.7 Å². The number of thioether (sulfide) groups is 1. The van der Waals surface area contributed by atoms with Crippen LogP contribution in [0.15, 0.2) is 35.5 Å². The second-order valence-corrected chi connectivity index (χ2v) is 6.36. The molecule has 1 amide bonds. The molecule has 2 aromatic rings. The summed E-state index contributed by atoms with van der Waals surface area (Å²) in [4.78, 5) is 11.8. The monoisotopic (exact) mass is 332 g/mol. The largest absolute Gasteiger partial charge is 0.383 e. The Bertz CT molecular complexity index is 655. The lowest BCUT2D eigenvalue weighted by molar-refractivity contribution is -0.118. The lowest BCUT2D eigenvalue weighted by Crippen LogP contribution is -2.28. The van der Waals surface area contributed by atoms with E-state index in [0.29, 0.717) is 24.8 Å². The normalized spacial score (nSPS) is 14.0. The van der Waals surface area contributed by atoms with Crippen LogP contribution in [-0.2, 0) is 9.53 Å². The van der Waals surface area contributed by atoms with E-state index in [0.717, 1.165) is 29.5 Å². The summed E-state index contributed by atoms with van der Waals surface area (Å²) < 4.78 is 6.99. The van der Waals surface area contributed by atoms with Crippen LogP contribution in [0.3, 0.4) is 0 Å². The lowest BCUT2D eigenvalue weighted by Gasteiger charge is -2.09. The molecule has 0 radical (unpaired) electrons. The Labute approximate surface area is 139 Å². The van der Waals surface area contributed by atoms with E-state index in [9.17, 15) is 4.79 Å². The van der Waals surface area contributed by atoms with Gasteiger partial charge in [-0.15, -0.1) is 10.2 Å². The standard InChI is InChI=1S/C16H20N4O2S/c1-22-10-9-17-14(21)11-23-16-19-18-15(12-7-8-12)20(16)13-5-3-2-4-6-13/h2-6,12H,7-11H2,1H3,(H,17,21). The predicted octanol–water partition coefficient (Wildman–Crippen LogP) is 2.00. The molecule has 1 aliphatic carbocycles. The molecule has 1 aliphatic rings. The summed E-state index contributed by atoms with van der Waals surface area (Å²) in [5, 5.41) is 12.2. The minimum Gasteiger partial charge on any atom is -0.383 e. The molecule has 0 atom stereocenters. The predicted molar refractivity (Wildman–Crippen MR) is 88.9 cm³/mol. The van der Waals surface area contributed by atoms with E-state index in [4.69, 9.17) is 4.74 Å². The number of nitrogens with zero attached hydrogens (tertiary/aromatic N) is 3. The van der Waals surface area contributed by atoms with E-state index in [-0.39, 0.29) is 5.91 Å². The van der Waals surface area contributed by atoms with Crippen LogP contribution >= 0.6 is 11.8 Å². The number of carbonyl (C=O) groups is 1. The number of amides is 1. The quantitative estimate of drug-likeness (QED) is 0.591. The third-order valence-electron chi connectivity index (χ3n) is 3.58. The summed E-state index contributed by atoms with van der Waals surface area (Å²) in [5.41, 5.74) is 1.04. The van der Waals surface area contributed by atoms with Crippen LogP contribution in [0, 0.1) is 0 Å². The van der Waals surface area contributed by atoms with Gasteiger partial charge < -0.3 is 10.1 Å². The molecule has 1 N–H and O–H groups in total. The summed E-state index contributed by atoms with van der Waals surface area (Å²) >= 11 is 1.41. The molecule has 1 saturated carbocycles. The molecule has 1 aromatic carbocycles. The molecule has 0 spiro atoms. The van der Waals surface area contributed by atoms with Gasteiger partial charge in [-0.05, 0) is 25.0 Å². The molecule has 3 rings (SSSR count). The molecule has 1 heterocycles. The van der Waals surface area contributed by atoms with Crippen molar-refractivity contribution in [3.63, 3.8) is 0 Å². The van der Waals surface area contributed by atoms with Crippen molar-refractivity contribution in [2.45, 2.75) is 23.9 Å². The number of hydrogen-bond donors (Lipinski definition) is 1. The van der Waals surface area contributed by atoms with Crippen molar-refractivity contribution in [3.05, 3.63) is 36.2 Å². The first-order valence-electron chi connectivity index (χ1n) is 7.68. The first kappa shape index (κ1) is 16.0. The van der Waals surface area contributed by atoms with Crippen molar-refractivity contribution in [2.75, 3.05) is 26.0 Å². The molecular weight excluding hydrogens is 312 g/mol. The van der Waals surface area contributed by atoms with Gasteiger partial charge >= 0.3 is 0 Å². The van der Waals surface area contributed by atoms with Gasteiger partial charge in [-0.25, -0.2) is 0 Å². The van der Waals surface area contributed by atoms with Crippen molar-refractivity contribution in [1.82, 2.24) is 20.1 Å². The second kappa shape index (κ2) is 7.61. The summed E-state index contributed by atoms with van der Waals surface area (Å²) in [6.07, 6.45) is 2.32. The van der Waals surface area contributed by atoms with Gasteiger partial charge in [0.1, 0.15) is 5.82 Å². The summed E-state index contributed by atoms with van der Waals surface area (Å²) in [6, 6.07) is 10.1. The molecule has 0 saturated heterocycles. The van der Waals surface area contributed by atoms with Gasteiger partial charge in [-0.2, -0.15) is 0 Å². The van der Waals surface area contributed by atoms with Crippen molar-refractivity contribution in [1.29, 1.82) is 0 Å². The average molecular weight is 332 g/mol. The summed E-state index contributed by atoms with van der Waals surface area (Å²) in [6.45, 7) is 1.04. The molecule has 122 valence electrons. The van der Waals surface area contributed by atoms with E-state index in [2.05, 4.69) is 20.1 Å². The number of hydrogen-bond acceptors (Lipinski definition) is 5. The fourth-order valence-corrected chi connectivity index (χ4v) is 3.06. The van der Waals surface area contributed by atoms with Crippen LogP contribution in [0.1, 0.15) is 24.6 Å². The highest BCUT2D eigenvalue weighted by Gasteiger charge is 2.31. The number of carbonyl (C=O) groups excluding carboxylic acids is 1. The van der Waals surface area contributed by atoms with Gasteiger partial charge in [0.2, 0.25) is 5.91 Å². The molecule has 0 aliphatic heterocycles. The third-order valence-corrected chi connectivity index (χ3v) is 4.50. The van der Waals surface area contributed by atoms with Gasteiger partial charge in [0, 0.05) is 25.3 Å².